The van der Waals surface area contributed by atoms with Gasteiger partial charge in [-0.3, -0.25) is 4.57 Å². The van der Waals surface area contributed by atoms with E-state index in [-0.39, 0.29) is 0 Å². The third-order valence-corrected chi connectivity index (χ3v) is 8.79. The molecule has 0 atom stereocenters. The van der Waals surface area contributed by atoms with Crippen LogP contribution in [0.2, 0.25) is 0 Å². The van der Waals surface area contributed by atoms with Gasteiger partial charge in [0.15, 0.2) is 0 Å². The molecule has 46 heavy (non-hydrogen) atoms. The molecule has 0 spiro atoms. The molecule has 0 amide bonds. The fraction of sp³-hybridized carbons (Fsp3) is 0. The van der Waals surface area contributed by atoms with Crippen LogP contribution in [0.15, 0.2) is 174 Å². The van der Waals surface area contributed by atoms with Gasteiger partial charge in [-0.05, 0) is 82.4 Å². The lowest BCUT2D eigenvalue weighted by atomic mass is 9.94. The molecule has 9 rings (SSSR count). The smallest absolute Gasteiger partial charge is 0.145 e. The van der Waals surface area contributed by atoms with Crippen molar-refractivity contribution in [1.82, 2.24) is 9.55 Å². The summed E-state index contributed by atoms with van der Waals surface area (Å²) < 4.78 is 8.93. The van der Waals surface area contributed by atoms with Crippen LogP contribution in [-0.2, 0) is 0 Å². The fourth-order valence-corrected chi connectivity index (χ4v) is 6.58. The van der Waals surface area contributed by atoms with Gasteiger partial charge in [-0.25, -0.2) is 4.98 Å². The topological polar surface area (TPSA) is 31.0 Å². The van der Waals surface area contributed by atoms with Gasteiger partial charge >= 0.3 is 0 Å². The first-order valence-electron chi connectivity index (χ1n) is 15.5. The number of imidazole rings is 1. The number of rotatable bonds is 5. The molecule has 216 valence electrons. The van der Waals surface area contributed by atoms with Crippen LogP contribution >= 0.6 is 0 Å². The zero-order valence-corrected chi connectivity index (χ0v) is 25.0. The lowest BCUT2D eigenvalue weighted by molar-refractivity contribution is 0.670. The zero-order valence-electron chi connectivity index (χ0n) is 25.0. The SMILES string of the molecule is c1ccc(-c2ccc3oc4c(-c5cccc(-c6nc7ccccc7n6-c6ccccc6)c5)cc(-c5ccccc5)cc4c3c2)cc1. The summed E-state index contributed by atoms with van der Waals surface area (Å²) in [4.78, 5) is 5.13. The number of nitrogens with zero attached hydrogens (tertiary/aromatic N) is 2. The highest BCUT2D eigenvalue weighted by atomic mass is 16.3. The Kier molecular flexibility index (Phi) is 6.14. The first-order chi connectivity index (χ1) is 22.8. The summed E-state index contributed by atoms with van der Waals surface area (Å²) in [5.74, 6) is 0.904. The minimum Gasteiger partial charge on any atom is -0.455 e. The van der Waals surface area contributed by atoms with Gasteiger partial charge in [-0.1, -0.05) is 115 Å². The molecule has 0 aliphatic heterocycles. The molecule has 0 aliphatic carbocycles. The maximum atomic E-state index is 6.69. The molecular formula is C43H28N2O. The summed E-state index contributed by atoms with van der Waals surface area (Å²) in [5.41, 5.74) is 12.7. The molecule has 0 saturated carbocycles. The highest BCUT2D eigenvalue weighted by Crippen LogP contribution is 2.41. The zero-order chi connectivity index (χ0) is 30.5. The van der Waals surface area contributed by atoms with Crippen molar-refractivity contribution < 1.29 is 4.42 Å². The van der Waals surface area contributed by atoms with Gasteiger partial charge in [-0.2, -0.15) is 0 Å². The van der Waals surface area contributed by atoms with Gasteiger partial charge in [0.05, 0.1) is 11.0 Å². The summed E-state index contributed by atoms with van der Waals surface area (Å²) >= 11 is 0. The average Bonchev–Trinajstić information content (AvgIpc) is 3.71. The summed E-state index contributed by atoms with van der Waals surface area (Å²) in [6.07, 6.45) is 0. The van der Waals surface area contributed by atoms with E-state index in [2.05, 4.69) is 162 Å². The van der Waals surface area contributed by atoms with Crippen LogP contribution in [0.25, 0.3) is 83.4 Å². The Morgan fingerprint density at radius 1 is 0.435 bits per heavy atom. The monoisotopic (exact) mass is 588 g/mol. The quantitative estimate of drug-likeness (QED) is 0.200. The molecule has 0 N–H and O–H groups in total. The molecule has 2 aromatic heterocycles. The van der Waals surface area contributed by atoms with Crippen LogP contribution in [-0.4, -0.2) is 9.55 Å². The van der Waals surface area contributed by atoms with E-state index in [9.17, 15) is 0 Å². The van der Waals surface area contributed by atoms with Crippen molar-refractivity contribution in [2.24, 2.45) is 0 Å². The van der Waals surface area contributed by atoms with Crippen LogP contribution in [0, 0.1) is 0 Å². The molecule has 9 aromatic rings. The molecule has 0 saturated heterocycles. The molecular weight excluding hydrogens is 560 g/mol. The highest BCUT2D eigenvalue weighted by Gasteiger charge is 2.19. The van der Waals surface area contributed by atoms with Crippen LogP contribution < -0.4 is 0 Å². The second kappa shape index (κ2) is 10.8. The predicted molar refractivity (Wildman–Crippen MR) is 190 cm³/mol. The number of hydrogen-bond donors (Lipinski definition) is 0. The first-order valence-corrected chi connectivity index (χ1v) is 15.5. The molecule has 0 unspecified atom stereocenters. The van der Waals surface area contributed by atoms with Crippen LogP contribution in [0.3, 0.4) is 0 Å². The largest absolute Gasteiger partial charge is 0.455 e. The summed E-state index contributed by atoms with van der Waals surface area (Å²) in [6.45, 7) is 0. The Labute approximate surface area is 266 Å². The fourth-order valence-electron chi connectivity index (χ4n) is 6.58. The second-order valence-corrected chi connectivity index (χ2v) is 11.6. The van der Waals surface area contributed by atoms with E-state index in [4.69, 9.17) is 9.40 Å². The van der Waals surface area contributed by atoms with Crippen LogP contribution in [0.5, 0.6) is 0 Å². The van der Waals surface area contributed by atoms with Crippen molar-refractivity contribution in [3.8, 4) is 50.5 Å². The van der Waals surface area contributed by atoms with E-state index in [1.165, 1.54) is 16.7 Å². The number of hydrogen-bond acceptors (Lipinski definition) is 2. The van der Waals surface area contributed by atoms with E-state index in [1.54, 1.807) is 0 Å². The number of aromatic nitrogens is 2. The third-order valence-electron chi connectivity index (χ3n) is 8.79. The summed E-state index contributed by atoms with van der Waals surface area (Å²) in [5, 5.41) is 2.21. The van der Waals surface area contributed by atoms with E-state index < -0.39 is 0 Å². The van der Waals surface area contributed by atoms with Gasteiger partial charge in [-0.15, -0.1) is 0 Å². The molecule has 0 bridgehead atoms. The number of fused-ring (bicyclic) bond motifs is 4. The summed E-state index contributed by atoms with van der Waals surface area (Å²) in [6, 6.07) is 59.6. The lowest BCUT2D eigenvalue weighted by Crippen LogP contribution is -1.97. The van der Waals surface area contributed by atoms with Gasteiger partial charge in [0.2, 0.25) is 0 Å². The Balaban J connectivity index is 1.28. The van der Waals surface area contributed by atoms with Gasteiger partial charge in [0.1, 0.15) is 17.0 Å². The van der Waals surface area contributed by atoms with Gasteiger partial charge in [0, 0.05) is 27.6 Å². The molecule has 3 heteroatoms. The minimum absolute atomic E-state index is 0.878. The lowest BCUT2D eigenvalue weighted by Gasteiger charge is -2.12. The Morgan fingerprint density at radius 3 is 1.85 bits per heavy atom. The molecule has 0 radical (unpaired) electrons. The van der Waals surface area contributed by atoms with Crippen molar-refractivity contribution in [2.75, 3.05) is 0 Å². The van der Waals surface area contributed by atoms with E-state index in [1.807, 2.05) is 12.1 Å². The van der Waals surface area contributed by atoms with Gasteiger partial charge < -0.3 is 4.42 Å². The average molecular weight is 589 g/mol. The van der Waals surface area contributed by atoms with Crippen molar-refractivity contribution >= 4 is 33.0 Å². The van der Waals surface area contributed by atoms with Crippen LogP contribution in [0.4, 0.5) is 0 Å². The van der Waals surface area contributed by atoms with Crippen molar-refractivity contribution in [3.05, 3.63) is 170 Å². The minimum atomic E-state index is 0.878. The van der Waals surface area contributed by atoms with Crippen molar-refractivity contribution in [2.45, 2.75) is 0 Å². The molecule has 7 aromatic carbocycles. The van der Waals surface area contributed by atoms with Crippen LogP contribution in [0.1, 0.15) is 0 Å². The maximum Gasteiger partial charge on any atom is 0.145 e. The summed E-state index contributed by atoms with van der Waals surface area (Å²) in [7, 11) is 0. The number of furan rings is 1. The third kappa shape index (κ3) is 4.41. The Hall–Kier alpha value is -6.19. The number of benzene rings is 7. The van der Waals surface area contributed by atoms with Crippen molar-refractivity contribution in [3.63, 3.8) is 0 Å². The Morgan fingerprint density at radius 2 is 1.07 bits per heavy atom. The van der Waals surface area contributed by atoms with E-state index in [0.717, 1.165) is 66.7 Å². The van der Waals surface area contributed by atoms with E-state index >= 15 is 0 Å². The molecule has 2 heterocycles. The highest BCUT2D eigenvalue weighted by molar-refractivity contribution is 6.12. The molecule has 0 aliphatic rings. The standard InChI is InChI=1S/C43H28N2O/c1-4-13-29(14-5-1)31-23-24-41-37(26-31)38-28-34(30-15-6-2-7-16-30)27-36(42(38)46-41)32-17-12-18-33(25-32)43-44-39-21-10-11-22-40(39)45(43)35-19-8-3-9-20-35/h1-28H. The normalized spacial score (nSPS) is 11.5. The predicted octanol–water partition coefficient (Wildman–Crippen LogP) is 11.6. The number of para-hydroxylation sites is 3. The van der Waals surface area contributed by atoms with Crippen molar-refractivity contribution in [1.29, 1.82) is 0 Å². The van der Waals surface area contributed by atoms with Gasteiger partial charge in [0.25, 0.3) is 0 Å². The molecule has 3 nitrogen and oxygen atoms in total. The van der Waals surface area contributed by atoms with E-state index in [0.29, 0.717) is 0 Å². The molecule has 0 fully saturated rings. The maximum absolute atomic E-state index is 6.69. The first kappa shape index (κ1) is 26.2. The second-order valence-electron chi connectivity index (χ2n) is 11.6. The Bertz CT molecular complexity index is 2510.